The normalized spacial score (nSPS) is 15.2. The first kappa shape index (κ1) is 21.7. The van der Waals surface area contributed by atoms with Gasteiger partial charge in [0.05, 0.1) is 36.1 Å². The number of rotatable bonds is 6. The van der Waals surface area contributed by atoms with Crippen LogP contribution in [0.5, 0.6) is 0 Å². The van der Waals surface area contributed by atoms with E-state index in [0.29, 0.717) is 36.2 Å². The van der Waals surface area contributed by atoms with Gasteiger partial charge in [-0.05, 0) is 11.6 Å². The number of alkyl halides is 3. The Morgan fingerprint density at radius 1 is 1.37 bits per heavy atom. The number of hydrazone groups is 1. The van der Waals surface area contributed by atoms with Gasteiger partial charge < -0.3 is 10.3 Å². The summed E-state index contributed by atoms with van der Waals surface area (Å²) in [5, 5.41) is 6.44. The number of fused-ring (bicyclic) bond motifs is 1. The van der Waals surface area contributed by atoms with Gasteiger partial charge in [0, 0.05) is 25.7 Å². The fraction of sp³-hybridized carbons (Fsp3) is 0.316. The van der Waals surface area contributed by atoms with Crippen LogP contribution in [0.25, 0.3) is 0 Å². The number of aromatic amines is 1. The van der Waals surface area contributed by atoms with E-state index < -0.39 is 17.3 Å². The molecule has 1 aliphatic heterocycles. The average molecular weight is 442 g/mol. The standard InChI is InChI=1S/C19H19ClF3N5O2/c1-24-25-8-17(15(20)11-29)27-7-6-16-13(10-27)18(30)26-28(16)9-12-4-2-3-5-14(12)19(21,22)23/h2-5,8,11,24H,6-7,9-10H2,1H3,(H,26,30)/b17-15-,25-8-. The van der Waals surface area contributed by atoms with Crippen LogP contribution in [0.2, 0.25) is 0 Å². The summed E-state index contributed by atoms with van der Waals surface area (Å²) in [5.74, 6) is 0. The molecule has 0 spiro atoms. The van der Waals surface area contributed by atoms with Crippen molar-refractivity contribution in [2.24, 2.45) is 5.10 Å². The molecule has 1 aromatic carbocycles. The molecule has 0 saturated heterocycles. The molecule has 11 heteroatoms. The lowest BCUT2D eigenvalue weighted by Gasteiger charge is -2.29. The van der Waals surface area contributed by atoms with Crippen molar-refractivity contribution in [1.82, 2.24) is 20.1 Å². The smallest absolute Gasteiger partial charge is 0.364 e. The molecule has 0 atom stereocenters. The SMILES string of the molecule is CN/N=C\C(=C(\Cl)C=O)N1CCc2c(c(=O)[nH]n2Cc2ccccc2C(F)(F)F)C1. The predicted octanol–water partition coefficient (Wildman–Crippen LogP) is 2.46. The average Bonchev–Trinajstić information content (AvgIpc) is 3.02. The molecule has 2 aromatic rings. The van der Waals surface area contributed by atoms with Gasteiger partial charge in [0.15, 0.2) is 6.29 Å². The van der Waals surface area contributed by atoms with Crippen molar-refractivity contribution in [1.29, 1.82) is 0 Å². The van der Waals surface area contributed by atoms with Crippen LogP contribution in [0.3, 0.4) is 0 Å². The minimum absolute atomic E-state index is 0.0622. The van der Waals surface area contributed by atoms with Crippen molar-refractivity contribution in [2.45, 2.75) is 25.7 Å². The van der Waals surface area contributed by atoms with Gasteiger partial charge in [0.25, 0.3) is 5.56 Å². The Morgan fingerprint density at radius 2 is 2.10 bits per heavy atom. The lowest BCUT2D eigenvalue weighted by molar-refractivity contribution is -0.138. The number of hydrogen-bond acceptors (Lipinski definition) is 5. The van der Waals surface area contributed by atoms with E-state index in [1.54, 1.807) is 11.9 Å². The lowest BCUT2D eigenvalue weighted by atomic mass is 10.1. The maximum Gasteiger partial charge on any atom is 0.416 e. The van der Waals surface area contributed by atoms with E-state index in [0.717, 1.165) is 6.07 Å². The quantitative estimate of drug-likeness (QED) is 0.312. The number of carbonyl (C=O) groups is 1. The summed E-state index contributed by atoms with van der Waals surface area (Å²) in [6.45, 7) is 0.438. The third-order valence-electron chi connectivity index (χ3n) is 4.81. The minimum atomic E-state index is -4.49. The molecule has 0 saturated carbocycles. The van der Waals surface area contributed by atoms with Gasteiger partial charge in [-0.2, -0.15) is 18.3 Å². The van der Waals surface area contributed by atoms with Crippen LogP contribution in [0.4, 0.5) is 13.2 Å². The van der Waals surface area contributed by atoms with Gasteiger partial charge in [-0.25, -0.2) is 0 Å². The number of aldehydes is 1. The van der Waals surface area contributed by atoms with Gasteiger partial charge in [0.1, 0.15) is 5.03 Å². The van der Waals surface area contributed by atoms with E-state index in [2.05, 4.69) is 15.6 Å². The van der Waals surface area contributed by atoms with Crippen LogP contribution in [0.15, 0.2) is 44.9 Å². The van der Waals surface area contributed by atoms with Gasteiger partial charge in [-0.1, -0.05) is 29.8 Å². The van der Waals surface area contributed by atoms with Crippen molar-refractivity contribution in [3.05, 3.63) is 67.7 Å². The Kier molecular flexibility index (Phi) is 6.35. The zero-order valence-corrected chi connectivity index (χ0v) is 16.7. The Morgan fingerprint density at radius 3 is 2.77 bits per heavy atom. The molecule has 0 unspecified atom stereocenters. The molecular weight excluding hydrogens is 423 g/mol. The van der Waals surface area contributed by atoms with E-state index in [9.17, 15) is 22.8 Å². The predicted molar refractivity (Wildman–Crippen MR) is 106 cm³/mol. The summed E-state index contributed by atoms with van der Waals surface area (Å²) in [5.41, 5.74) is 2.88. The number of H-pyrrole nitrogens is 1. The Bertz CT molecular complexity index is 1060. The summed E-state index contributed by atoms with van der Waals surface area (Å²) in [4.78, 5) is 25.3. The minimum Gasteiger partial charge on any atom is -0.364 e. The number of halogens is 4. The van der Waals surface area contributed by atoms with Crippen LogP contribution < -0.4 is 11.0 Å². The lowest BCUT2D eigenvalue weighted by Crippen LogP contribution is -2.33. The second kappa shape index (κ2) is 8.78. The number of hydrogen-bond donors (Lipinski definition) is 2. The summed E-state index contributed by atoms with van der Waals surface area (Å²) in [6.07, 6.45) is -2.24. The molecule has 0 fully saturated rings. The molecule has 2 heterocycles. The summed E-state index contributed by atoms with van der Waals surface area (Å²) in [6, 6.07) is 5.27. The van der Waals surface area contributed by atoms with Gasteiger partial charge in [-0.3, -0.25) is 19.4 Å². The third-order valence-corrected chi connectivity index (χ3v) is 5.09. The number of allylic oxidation sites excluding steroid dienone is 2. The van der Waals surface area contributed by atoms with Crippen LogP contribution >= 0.6 is 11.6 Å². The van der Waals surface area contributed by atoms with E-state index in [4.69, 9.17) is 11.6 Å². The maximum absolute atomic E-state index is 13.3. The number of benzene rings is 1. The van der Waals surface area contributed by atoms with Crippen LogP contribution in [-0.4, -0.2) is 40.8 Å². The molecular formula is C19H19ClF3N5O2. The molecule has 30 heavy (non-hydrogen) atoms. The monoisotopic (exact) mass is 441 g/mol. The molecule has 1 aliphatic rings. The summed E-state index contributed by atoms with van der Waals surface area (Å²) < 4.78 is 41.3. The topological polar surface area (TPSA) is 82.5 Å². The number of aromatic nitrogens is 2. The molecule has 7 nitrogen and oxygen atoms in total. The van der Waals surface area contributed by atoms with E-state index in [-0.39, 0.29) is 23.7 Å². The number of carbonyl (C=O) groups excluding carboxylic acids is 1. The summed E-state index contributed by atoms with van der Waals surface area (Å²) >= 11 is 5.99. The van der Waals surface area contributed by atoms with Crippen molar-refractivity contribution in [3.63, 3.8) is 0 Å². The fourth-order valence-corrected chi connectivity index (χ4v) is 3.61. The Balaban J connectivity index is 1.93. The molecule has 0 radical (unpaired) electrons. The summed E-state index contributed by atoms with van der Waals surface area (Å²) in [7, 11) is 1.58. The molecule has 2 N–H and O–H groups in total. The second-order valence-corrected chi connectivity index (χ2v) is 7.02. The fourth-order valence-electron chi connectivity index (χ4n) is 3.44. The molecule has 160 valence electrons. The number of nitrogens with zero attached hydrogens (tertiary/aromatic N) is 3. The van der Waals surface area contributed by atoms with E-state index in [1.165, 1.54) is 29.1 Å². The van der Waals surface area contributed by atoms with Crippen molar-refractivity contribution in [2.75, 3.05) is 13.6 Å². The highest BCUT2D eigenvalue weighted by Crippen LogP contribution is 2.32. The largest absolute Gasteiger partial charge is 0.416 e. The van der Waals surface area contributed by atoms with Crippen LogP contribution in [0, 0.1) is 0 Å². The third kappa shape index (κ3) is 4.43. The number of nitrogens with one attached hydrogen (secondary N) is 2. The van der Waals surface area contributed by atoms with Crippen LogP contribution in [-0.2, 0) is 30.5 Å². The Labute approximate surface area is 174 Å². The van der Waals surface area contributed by atoms with E-state index >= 15 is 0 Å². The van der Waals surface area contributed by atoms with Gasteiger partial charge in [0.2, 0.25) is 0 Å². The van der Waals surface area contributed by atoms with Crippen LogP contribution in [0.1, 0.15) is 22.4 Å². The molecule has 3 rings (SSSR count). The highest BCUT2D eigenvalue weighted by Gasteiger charge is 2.33. The molecule has 0 aliphatic carbocycles. The first-order chi connectivity index (χ1) is 14.3. The molecule has 0 bridgehead atoms. The first-order valence-electron chi connectivity index (χ1n) is 9.01. The van der Waals surface area contributed by atoms with Gasteiger partial charge >= 0.3 is 6.18 Å². The zero-order chi connectivity index (χ0) is 21.9. The highest BCUT2D eigenvalue weighted by molar-refractivity contribution is 6.40. The van der Waals surface area contributed by atoms with E-state index in [1.807, 2.05) is 0 Å². The van der Waals surface area contributed by atoms with Gasteiger partial charge in [-0.15, -0.1) is 0 Å². The molecule has 0 amide bonds. The van der Waals surface area contributed by atoms with Crippen molar-refractivity contribution >= 4 is 24.1 Å². The maximum atomic E-state index is 13.3. The second-order valence-electron chi connectivity index (χ2n) is 6.61. The zero-order valence-electron chi connectivity index (χ0n) is 16.0. The van der Waals surface area contributed by atoms with Crippen molar-refractivity contribution < 1.29 is 18.0 Å². The first-order valence-corrected chi connectivity index (χ1v) is 9.39. The van der Waals surface area contributed by atoms with Crippen molar-refractivity contribution in [3.8, 4) is 0 Å². The molecule has 1 aromatic heterocycles. The highest BCUT2D eigenvalue weighted by atomic mass is 35.5. The Hall–Kier alpha value is -3.01.